The Morgan fingerprint density at radius 1 is 1.06 bits per heavy atom. The third kappa shape index (κ3) is 12.1. The van der Waals surface area contributed by atoms with E-state index in [2.05, 4.69) is 0 Å². The number of aliphatic hydroxyl groups excluding tert-OH is 3. The number of hydrogen-bond donors (Lipinski definition) is 3. The van der Waals surface area contributed by atoms with Gasteiger partial charge in [-0.2, -0.15) is 0 Å². The molecule has 0 saturated heterocycles. The summed E-state index contributed by atoms with van der Waals surface area (Å²) in [5, 5.41) is 26.7. The van der Waals surface area contributed by atoms with Gasteiger partial charge in [0.2, 0.25) is 0 Å². The first kappa shape index (κ1) is 16.8. The predicted octanol–water partition coefficient (Wildman–Crippen LogP) is 0.312. The Bertz CT molecular complexity index is 163. The summed E-state index contributed by atoms with van der Waals surface area (Å²) < 4.78 is 10.7. The molecule has 3 unspecified atom stereocenters. The molecule has 104 valence electrons. The van der Waals surface area contributed by atoms with Gasteiger partial charge in [-0.15, -0.1) is 0 Å². The van der Waals surface area contributed by atoms with Crippen LogP contribution in [0.1, 0.15) is 33.1 Å². The fourth-order valence-corrected chi connectivity index (χ4v) is 1.28. The monoisotopic (exact) mass is 250 g/mol. The van der Waals surface area contributed by atoms with Crippen molar-refractivity contribution in [1.82, 2.24) is 0 Å². The van der Waals surface area contributed by atoms with E-state index < -0.39 is 12.2 Å². The van der Waals surface area contributed by atoms with Crippen molar-refractivity contribution in [3.8, 4) is 0 Å². The van der Waals surface area contributed by atoms with E-state index in [1.807, 2.05) is 6.92 Å². The van der Waals surface area contributed by atoms with Crippen LogP contribution in [-0.2, 0) is 9.47 Å². The van der Waals surface area contributed by atoms with Crippen LogP contribution in [0.5, 0.6) is 0 Å². The third-order valence-corrected chi connectivity index (χ3v) is 2.26. The molecule has 3 N–H and O–H groups in total. The minimum Gasteiger partial charge on any atom is -0.394 e. The van der Waals surface area contributed by atoms with Crippen LogP contribution in [0.4, 0.5) is 0 Å². The van der Waals surface area contributed by atoms with Gasteiger partial charge in [-0.05, 0) is 33.1 Å². The molecule has 0 saturated carbocycles. The molecule has 17 heavy (non-hydrogen) atoms. The topological polar surface area (TPSA) is 79.2 Å². The van der Waals surface area contributed by atoms with E-state index in [1.165, 1.54) is 0 Å². The van der Waals surface area contributed by atoms with Crippen LogP contribution in [0.2, 0.25) is 0 Å². The van der Waals surface area contributed by atoms with Crippen LogP contribution >= 0.6 is 0 Å². The molecule has 0 amide bonds. The molecule has 0 radical (unpaired) electrons. The fourth-order valence-electron chi connectivity index (χ4n) is 1.28. The number of aliphatic hydroxyl groups is 3. The Labute approximate surface area is 103 Å². The molecule has 0 fully saturated rings. The molecule has 0 aliphatic rings. The van der Waals surface area contributed by atoms with Gasteiger partial charge >= 0.3 is 0 Å². The molecule has 0 rings (SSSR count). The smallest absolute Gasteiger partial charge is 0.0781 e. The average molecular weight is 250 g/mol. The first-order valence-electron chi connectivity index (χ1n) is 6.22. The summed E-state index contributed by atoms with van der Waals surface area (Å²) in [6, 6.07) is 0. The van der Waals surface area contributed by atoms with Crippen LogP contribution in [0, 0.1) is 0 Å². The van der Waals surface area contributed by atoms with E-state index in [-0.39, 0.29) is 12.7 Å². The SMILES string of the molecule is CC(O)COC(C)COCCCCC(O)CO. The lowest BCUT2D eigenvalue weighted by Crippen LogP contribution is -2.21. The molecule has 0 aromatic heterocycles. The molecule has 3 atom stereocenters. The Kier molecular flexibility index (Phi) is 10.8. The highest BCUT2D eigenvalue weighted by molar-refractivity contribution is 4.53. The second kappa shape index (κ2) is 10.9. The van der Waals surface area contributed by atoms with Crippen molar-refractivity contribution in [1.29, 1.82) is 0 Å². The summed E-state index contributed by atoms with van der Waals surface area (Å²) in [6.07, 6.45) is 1.23. The molecular formula is C12H26O5. The summed E-state index contributed by atoms with van der Waals surface area (Å²) in [5.41, 5.74) is 0. The molecule has 5 heteroatoms. The van der Waals surface area contributed by atoms with Crippen molar-refractivity contribution < 1.29 is 24.8 Å². The van der Waals surface area contributed by atoms with Gasteiger partial charge in [-0.25, -0.2) is 0 Å². The standard InChI is InChI=1S/C12H26O5/c1-10(14)8-17-11(2)9-16-6-4-3-5-12(15)7-13/h10-15H,3-9H2,1-2H3. The van der Waals surface area contributed by atoms with Crippen molar-refractivity contribution in [3.63, 3.8) is 0 Å². The molecule has 0 aliphatic heterocycles. The van der Waals surface area contributed by atoms with Crippen molar-refractivity contribution in [2.24, 2.45) is 0 Å². The molecule has 0 heterocycles. The molecule has 0 aliphatic carbocycles. The molecule has 0 aromatic carbocycles. The minimum absolute atomic E-state index is 0.0207. The zero-order valence-corrected chi connectivity index (χ0v) is 10.8. The van der Waals surface area contributed by atoms with Crippen LogP contribution in [0.25, 0.3) is 0 Å². The zero-order valence-electron chi connectivity index (χ0n) is 10.8. The van der Waals surface area contributed by atoms with Gasteiger partial charge in [-0.3, -0.25) is 0 Å². The average Bonchev–Trinajstić information content (AvgIpc) is 2.30. The van der Waals surface area contributed by atoms with E-state index in [4.69, 9.17) is 24.8 Å². The van der Waals surface area contributed by atoms with Gasteiger partial charge in [0.15, 0.2) is 0 Å². The van der Waals surface area contributed by atoms with Crippen molar-refractivity contribution in [2.75, 3.05) is 26.4 Å². The summed E-state index contributed by atoms with van der Waals surface area (Å²) in [4.78, 5) is 0. The second-order valence-corrected chi connectivity index (χ2v) is 4.40. The highest BCUT2D eigenvalue weighted by Gasteiger charge is 2.05. The quantitative estimate of drug-likeness (QED) is 0.460. The Morgan fingerprint density at radius 3 is 2.35 bits per heavy atom. The van der Waals surface area contributed by atoms with Crippen LogP contribution < -0.4 is 0 Å². The van der Waals surface area contributed by atoms with Gasteiger partial charge < -0.3 is 24.8 Å². The van der Waals surface area contributed by atoms with E-state index in [0.29, 0.717) is 26.2 Å². The lowest BCUT2D eigenvalue weighted by Gasteiger charge is -2.14. The second-order valence-electron chi connectivity index (χ2n) is 4.40. The number of rotatable bonds is 11. The number of hydrogen-bond acceptors (Lipinski definition) is 5. The maximum atomic E-state index is 9.09. The van der Waals surface area contributed by atoms with Gasteiger partial charge in [0.1, 0.15) is 0 Å². The third-order valence-electron chi connectivity index (χ3n) is 2.26. The Balaban J connectivity index is 3.21. The number of unbranched alkanes of at least 4 members (excludes halogenated alkanes) is 1. The van der Waals surface area contributed by atoms with Crippen molar-refractivity contribution in [3.05, 3.63) is 0 Å². The molecular weight excluding hydrogens is 224 g/mol. The highest BCUT2D eigenvalue weighted by atomic mass is 16.5. The lowest BCUT2D eigenvalue weighted by molar-refractivity contribution is -0.0372. The largest absolute Gasteiger partial charge is 0.394 e. The van der Waals surface area contributed by atoms with Gasteiger partial charge in [0.25, 0.3) is 0 Å². The molecule has 0 spiro atoms. The fraction of sp³-hybridized carbons (Fsp3) is 1.00. The van der Waals surface area contributed by atoms with Gasteiger partial charge in [-0.1, -0.05) is 0 Å². The summed E-state index contributed by atoms with van der Waals surface area (Å²) in [6.45, 7) is 4.87. The molecule has 0 bridgehead atoms. The highest BCUT2D eigenvalue weighted by Crippen LogP contribution is 2.01. The summed E-state index contributed by atoms with van der Waals surface area (Å²) >= 11 is 0. The maximum Gasteiger partial charge on any atom is 0.0781 e. The van der Waals surface area contributed by atoms with E-state index >= 15 is 0 Å². The number of ether oxygens (including phenoxy) is 2. The summed E-state index contributed by atoms with van der Waals surface area (Å²) in [7, 11) is 0. The lowest BCUT2D eigenvalue weighted by atomic mass is 10.2. The van der Waals surface area contributed by atoms with E-state index in [9.17, 15) is 0 Å². The Morgan fingerprint density at radius 2 is 1.76 bits per heavy atom. The predicted molar refractivity (Wildman–Crippen MR) is 64.9 cm³/mol. The van der Waals surface area contributed by atoms with Crippen molar-refractivity contribution in [2.45, 2.75) is 51.4 Å². The summed E-state index contributed by atoms with van der Waals surface area (Å²) in [5.74, 6) is 0. The van der Waals surface area contributed by atoms with Crippen molar-refractivity contribution >= 4 is 0 Å². The maximum absolute atomic E-state index is 9.09. The zero-order chi connectivity index (χ0) is 13.1. The van der Waals surface area contributed by atoms with E-state index in [1.54, 1.807) is 6.92 Å². The van der Waals surface area contributed by atoms with Crippen LogP contribution in [0.3, 0.4) is 0 Å². The first-order valence-corrected chi connectivity index (χ1v) is 6.22. The normalized spacial score (nSPS) is 16.8. The van der Waals surface area contributed by atoms with Crippen LogP contribution in [-0.4, -0.2) is 60.1 Å². The Hall–Kier alpha value is -0.200. The molecule has 5 nitrogen and oxygen atoms in total. The van der Waals surface area contributed by atoms with Gasteiger partial charge in [0, 0.05) is 6.61 Å². The van der Waals surface area contributed by atoms with Crippen LogP contribution in [0.15, 0.2) is 0 Å². The first-order chi connectivity index (χ1) is 8.06. The van der Waals surface area contributed by atoms with E-state index in [0.717, 1.165) is 12.8 Å². The van der Waals surface area contributed by atoms with Gasteiger partial charge in [0.05, 0.1) is 38.1 Å². The minimum atomic E-state index is -0.608. The molecule has 0 aromatic rings.